The van der Waals surface area contributed by atoms with Gasteiger partial charge in [0.2, 0.25) is 0 Å². The van der Waals surface area contributed by atoms with Crippen molar-refractivity contribution in [3.8, 4) is 5.75 Å². The number of benzene rings is 1. The SMILES string of the molecule is CC(Oc1cccc(Cl)c1)C(=O)N1CCC(C2CCCN2)CC1.Cl. The molecule has 0 bridgehead atoms. The van der Waals surface area contributed by atoms with Gasteiger partial charge in [-0.2, -0.15) is 0 Å². The highest BCUT2D eigenvalue weighted by Gasteiger charge is 2.31. The highest BCUT2D eigenvalue weighted by atomic mass is 35.5. The minimum atomic E-state index is -0.477. The third kappa shape index (κ3) is 4.78. The molecule has 1 aromatic rings. The molecule has 0 saturated carbocycles. The molecule has 2 saturated heterocycles. The molecule has 24 heavy (non-hydrogen) atoms. The number of nitrogens with zero attached hydrogens (tertiary/aromatic N) is 1. The summed E-state index contributed by atoms with van der Waals surface area (Å²) in [5.41, 5.74) is 0. The van der Waals surface area contributed by atoms with Crippen molar-refractivity contribution in [2.45, 2.75) is 44.8 Å². The maximum Gasteiger partial charge on any atom is 0.263 e. The van der Waals surface area contributed by atoms with Crippen molar-refractivity contribution in [1.82, 2.24) is 10.2 Å². The Labute approximate surface area is 155 Å². The lowest BCUT2D eigenvalue weighted by molar-refractivity contribution is -0.139. The molecule has 3 rings (SSSR count). The summed E-state index contributed by atoms with van der Waals surface area (Å²) in [4.78, 5) is 14.5. The summed E-state index contributed by atoms with van der Waals surface area (Å²) < 4.78 is 5.75. The highest BCUT2D eigenvalue weighted by molar-refractivity contribution is 6.30. The van der Waals surface area contributed by atoms with Crippen LogP contribution in [0.15, 0.2) is 24.3 Å². The fourth-order valence-corrected chi connectivity index (χ4v) is 3.87. The molecule has 2 heterocycles. The number of halogens is 2. The van der Waals surface area contributed by atoms with Gasteiger partial charge in [-0.05, 0) is 63.3 Å². The first kappa shape index (κ1) is 19.4. The van der Waals surface area contributed by atoms with Gasteiger partial charge in [-0.1, -0.05) is 17.7 Å². The summed E-state index contributed by atoms with van der Waals surface area (Å²) in [6.45, 7) is 4.64. The maximum absolute atomic E-state index is 12.6. The first-order chi connectivity index (χ1) is 11.1. The van der Waals surface area contributed by atoms with Crippen molar-refractivity contribution in [1.29, 1.82) is 0 Å². The number of ether oxygens (including phenoxy) is 1. The van der Waals surface area contributed by atoms with Crippen molar-refractivity contribution in [2.75, 3.05) is 19.6 Å². The Balaban J connectivity index is 0.00000208. The van der Waals surface area contributed by atoms with Gasteiger partial charge < -0.3 is 15.0 Å². The summed E-state index contributed by atoms with van der Waals surface area (Å²) >= 11 is 5.95. The van der Waals surface area contributed by atoms with Gasteiger partial charge in [-0.15, -0.1) is 12.4 Å². The Bertz CT molecular complexity index is 542. The van der Waals surface area contributed by atoms with Crippen LogP contribution in [0.25, 0.3) is 0 Å². The summed E-state index contributed by atoms with van der Waals surface area (Å²) in [5.74, 6) is 1.43. The van der Waals surface area contributed by atoms with Gasteiger partial charge in [-0.3, -0.25) is 4.79 Å². The molecule has 2 unspecified atom stereocenters. The predicted molar refractivity (Wildman–Crippen MR) is 99.1 cm³/mol. The standard InChI is InChI=1S/C18H25ClN2O2.ClH/c1-13(23-16-5-2-4-15(19)12-16)18(22)21-10-7-14(8-11-21)17-6-3-9-20-17;/h2,4-5,12-14,17,20H,3,6-11H2,1H3;1H. The van der Waals surface area contributed by atoms with E-state index in [-0.39, 0.29) is 18.3 Å². The van der Waals surface area contributed by atoms with Crippen molar-refractivity contribution >= 4 is 29.9 Å². The molecule has 1 aromatic carbocycles. The number of hydrogen-bond donors (Lipinski definition) is 1. The summed E-state index contributed by atoms with van der Waals surface area (Å²) in [5, 5.41) is 4.21. The second-order valence-corrected chi connectivity index (χ2v) is 7.02. The molecule has 134 valence electrons. The van der Waals surface area contributed by atoms with Gasteiger partial charge in [-0.25, -0.2) is 0 Å². The van der Waals surface area contributed by atoms with Crippen LogP contribution in [0.3, 0.4) is 0 Å². The number of carbonyl (C=O) groups is 1. The molecule has 0 aliphatic carbocycles. The van der Waals surface area contributed by atoms with E-state index in [1.807, 2.05) is 24.0 Å². The van der Waals surface area contributed by atoms with Crippen LogP contribution >= 0.6 is 24.0 Å². The van der Waals surface area contributed by atoms with Crippen molar-refractivity contribution in [3.63, 3.8) is 0 Å². The number of nitrogens with one attached hydrogen (secondary N) is 1. The maximum atomic E-state index is 12.6. The smallest absolute Gasteiger partial charge is 0.263 e. The molecular formula is C18H26Cl2N2O2. The molecule has 2 aliphatic heterocycles. The zero-order chi connectivity index (χ0) is 16.2. The van der Waals surface area contributed by atoms with Crippen LogP contribution in [0.2, 0.25) is 5.02 Å². The number of likely N-dealkylation sites (tertiary alicyclic amines) is 1. The Hall–Kier alpha value is -0.970. The van der Waals surface area contributed by atoms with Crippen LogP contribution in [0.5, 0.6) is 5.75 Å². The van der Waals surface area contributed by atoms with E-state index in [4.69, 9.17) is 16.3 Å². The fourth-order valence-electron chi connectivity index (χ4n) is 3.69. The van der Waals surface area contributed by atoms with E-state index in [0.717, 1.165) is 32.5 Å². The Morgan fingerprint density at radius 3 is 2.71 bits per heavy atom. The third-order valence-corrected chi connectivity index (χ3v) is 5.21. The van der Waals surface area contributed by atoms with E-state index in [0.29, 0.717) is 22.7 Å². The van der Waals surface area contributed by atoms with Crippen molar-refractivity contribution < 1.29 is 9.53 Å². The quantitative estimate of drug-likeness (QED) is 0.878. The van der Waals surface area contributed by atoms with Gasteiger partial charge in [0.05, 0.1) is 0 Å². The lowest BCUT2D eigenvalue weighted by Crippen LogP contribution is -2.47. The molecule has 2 aliphatic rings. The molecule has 1 amide bonds. The summed E-state index contributed by atoms with van der Waals surface area (Å²) in [6.07, 6.45) is 4.27. The molecule has 1 N–H and O–H groups in total. The average molecular weight is 373 g/mol. The molecule has 2 atom stereocenters. The third-order valence-electron chi connectivity index (χ3n) is 4.98. The molecule has 0 aromatic heterocycles. The highest BCUT2D eigenvalue weighted by Crippen LogP contribution is 2.26. The van der Waals surface area contributed by atoms with Gasteiger partial charge in [0.1, 0.15) is 5.75 Å². The lowest BCUT2D eigenvalue weighted by atomic mass is 9.88. The number of rotatable bonds is 4. The second-order valence-electron chi connectivity index (χ2n) is 6.58. The first-order valence-corrected chi connectivity index (χ1v) is 8.95. The second kappa shape index (κ2) is 8.93. The van der Waals surface area contributed by atoms with Gasteiger partial charge in [0, 0.05) is 24.2 Å². The molecule has 0 radical (unpaired) electrons. The van der Waals surface area contributed by atoms with E-state index in [1.54, 1.807) is 12.1 Å². The average Bonchev–Trinajstić information content (AvgIpc) is 3.09. The van der Waals surface area contributed by atoms with Crippen LogP contribution in [0.1, 0.15) is 32.6 Å². The van der Waals surface area contributed by atoms with Crippen LogP contribution in [-0.4, -0.2) is 42.6 Å². The number of amides is 1. The van der Waals surface area contributed by atoms with Crippen molar-refractivity contribution in [3.05, 3.63) is 29.3 Å². The first-order valence-electron chi connectivity index (χ1n) is 8.58. The largest absolute Gasteiger partial charge is 0.481 e. The number of piperidine rings is 1. The zero-order valence-corrected chi connectivity index (χ0v) is 15.6. The zero-order valence-electron chi connectivity index (χ0n) is 14.0. The minimum Gasteiger partial charge on any atom is -0.481 e. The Kier molecular flexibility index (Phi) is 7.20. The summed E-state index contributed by atoms with van der Waals surface area (Å²) in [6, 6.07) is 7.85. The Morgan fingerprint density at radius 1 is 1.33 bits per heavy atom. The Morgan fingerprint density at radius 2 is 2.08 bits per heavy atom. The molecule has 6 heteroatoms. The van der Waals surface area contributed by atoms with Crippen molar-refractivity contribution in [2.24, 2.45) is 5.92 Å². The van der Waals surface area contributed by atoms with Crippen LogP contribution in [0, 0.1) is 5.92 Å². The summed E-state index contributed by atoms with van der Waals surface area (Å²) in [7, 11) is 0. The van der Waals surface area contributed by atoms with E-state index < -0.39 is 6.10 Å². The number of hydrogen-bond acceptors (Lipinski definition) is 3. The van der Waals surface area contributed by atoms with Crippen LogP contribution in [-0.2, 0) is 4.79 Å². The van der Waals surface area contributed by atoms with Crippen LogP contribution < -0.4 is 10.1 Å². The predicted octanol–water partition coefficient (Wildman–Crippen LogP) is 3.52. The fraction of sp³-hybridized carbons (Fsp3) is 0.611. The number of carbonyl (C=O) groups excluding carboxylic acids is 1. The van der Waals surface area contributed by atoms with E-state index in [2.05, 4.69) is 5.32 Å². The van der Waals surface area contributed by atoms with E-state index in [1.165, 1.54) is 12.8 Å². The van der Waals surface area contributed by atoms with Gasteiger partial charge in [0.15, 0.2) is 6.10 Å². The topological polar surface area (TPSA) is 41.6 Å². The minimum absolute atomic E-state index is 0. The molecule has 0 spiro atoms. The van der Waals surface area contributed by atoms with E-state index >= 15 is 0 Å². The van der Waals surface area contributed by atoms with Gasteiger partial charge in [0.25, 0.3) is 5.91 Å². The molecule has 2 fully saturated rings. The lowest BCUT2D eigenvalue weighted by Gasteiger charge is -2.36. The van der Waals surface area contributed by atoms with Crippen LogP contribution in [0.4, 0.5) is 0 Å². The molecule has 4 nitrogen and oxygen atoms in total. The van der Waals surface area contributed by atoms with E-state index in [9.17, 15) is 4.79 Å². The normalized spacial score (nSPS) is 22.8. The molecular weight excluding hydrogens is 347 g/mol. The van der Waals surface area contributed by atoms with Gasteiger partial charge >= 0.3 is 0 Å². The monoisotopic (exact) mass is 372 g/mol.